The third kappa shape index (κ3) is 3.64. The van der Waals surface area contributed by atoms with E-state index in [1.807, 2.05) is 23.1 Å². The maximum absolute atomic E-state index is 12.8. The minimum Gasteiger partial charge on any atom is -0.494 e. The van der Waals surface area contributed by atoms with Crippen molar-refractivity contribution in [1.29, 1.82) is 0 Å². The highest BCUT2D eigenvalue weighted by molar-refractivity contribution is 5.84. The molecular formula is C21H27N3O3. The number of carbonyl (C=O) groups is 1. The summed E-state index contributed by atoms with van der Waals surface area (Å²) in [6.07, 6.45) is 2.07. The van der Waals surface area contributed by atoms with Gasteiger partial charge >= 0.3 is 0 Å². The Kier molecular flexibility index (Phi) is 5.27. The van der Waals surface area contributed by atoms with Crippen molar-refractivity contribution in [3.8, 4) is 5.75 Å². The number of pyridine rings is 1. The van der Waals surface area contributed by atoms with Crippen LogP contribution in [0.5, 0.6) is 5.75 Å². The van der Waals surface area contributed by atoms with Crippen LogP contribution in [0.3, 0.4) is 0 Å². The van der Waals surface area contributed by atoms with E-state index in [9.17, 15) is 4.79 Å². The molecule has 3 aliphatic heterocycles. The Morgan fingerprint density at radius 1 is 1.15 bits per heavy atom. The molecule has 1 aromatic heterocycles. The Bertz CT molecular complexity index is 825. The molecule has 0 saturated carbocycles. The molecule has 0 unspecified atom stereocenters. The summed E-state index contributed by atoms with van der Waals surface area (Å²) in [5, 5.41) is 1.08. The first-order valence-electron chi connectivity index (χ1n) is 9.64. The molecule has 4 heterocycles. The van der Waals surface area contributed by atoms with Gasteiger partial charge < -0.3 is 14.4 Å². The first kappa shape index (κ1) is 18.2. The van der Waals surface area contributed by atoms with Crippen molar-refractivity contribution in [3.63, 3.8) is 0 Å². The lowest BCUT2D eigenvalue weighted by Crippen LogP contribution is -2.49. The van der Waals surface area contributed by atoms with E-state index in [-0.39, 0.29) is 12.0 Å². The zero-order valence-corrected chi connectivity index (χ0v) is 16.1. The lowest BCUT2D eigenvalue weighted by atomic mass is 9.94. The van der Waals surface area contributed by atoms with Gasteiger partial charge in [-0.15, -0.1) is 0 Å². The van der Waals surface area contributed by atoms with E-state index in [1.165, 1.54) is 0 Å². The van der Waals surface area contributed by atoms with Gasteiger partial charge in [0.05, 0.1) is 25.3 Å². The van der Waals surface area contributed by atoms with Gasteiger partial charge in [-0.25, -0.2) is 4.98 Å². The topological polar surface area (TPSA) is 54.9 Å². The average Bonchev–Trinajstić information content (AvgIpc) is 2.96. The van der Waals surface area contributed by atoms with Crippen LogP contribution in [0, 0.1) is 5.92 Å². The second-order valence-corrected chi connectivity index (χ2v) is 7.48. The van der Waals surface area contributed by atoms with E-state index in [1.54, 1.807) is 14.2 Å². The number of hydrogen-bond donors (Lipinski definition) is 0. The van der Waals surface area contributed by atoms with Gasteiger partial charge in [-0.05, 0) is 25.0 Å². The summed E-state index contributed by atoms with van der Waals surface area (Å²) < 4.78 is 10.7. The maximum Gasteiger partial charge on any atom is 0.227 e. The molecule has 144 valence electrons. The van der Waals surface area contributed by atoms with E-state index < -0.39 is 0 Å². The highest BCUT2D eigenvalue weighted by atomic mass is 16.5. The Balaban J connectivity index is 1.53. The molecular weight excluding hydrogens is 342 g/mol. The number of aromatic nitrogens is 1. The molecule has 5 rings (SSSR count). The number of ether oxygens (including phenoxy) is 2. The van der Waals surface area contributed by atoms with Gasteiger partial charge in [0.15, 0.2) is 0 Å². The fourth-order valence-electron chi connectivity index (χ4n) is 4.38. The Morgan fingerprint density at radius 2 is 2.04 bits per heavy atom. The smallest absolute Gasteiger partial charge is 0.227 e. The predicted octanol–water partition coefficient (Wildman–Crippen LogP) is 2.31. The quantitative estimate of drug-likeness (QED) is 0.782. The number of amides is 1. The molecule has 3 saturated heterocycles. The molecule has 2 aromatic rings. The number of fused-ring (bicyclic) bond motifs is 5. The first-order valence-corrected chi connectivity index (χ1v) is 9.64. The highest BCUT2D eigenvalue weighted by Gasteiger charge is 2.40. The maximum atomic E-state index is 12.8. The zero-order valence-electron chi connectivity index (χ0n) is 16.1. The molecule has 3 fully saturated rings. The van der Waals surface area contributed by atoms with Crippen molar-refractivity contribution in [2.24, 2.45) is 5.92 Å². The molecule has 6 heteroatoms. The average molecular weight is 369 g/mol. The monoisotopic (exact) mass is 369 g/mol. The largest absolute Gasteiger partial charge is 0.494 e. The standard InChI is InChI=1S/C21H27N3O3/c1-26-11-10-24-18-9-7-16(21(24)25)12-23(14-18)13-17-8-6-15-4-3-5-19(27-2)20(15)22-17/h3-6,8,16,18H,7,9-14H2,1-2H3/t16-,18+/m1/s1. The van der Waals surface area contributed by atoms with E-state index in [0.29, 0.717) is 19.1 Å². The summed E-state index contributed by atoms with van der Waals surface area (Å²) in [6.45, 7) is 3.76. The summed E-state index contributed by atoms with van der Waals surface area (Å²) in [4.78, 5) is 22.0. The third-order valence-corrected chi connectivity index (χ3v) is 5.75. The fraction of sp³-hybridized carbons (Fsp3) is 0.524. The number of hydrogen-bond acceptors (Lipinski definition) is 5. The van der Waals surface area contributed by atoms with E-state index >= 15 is 0 Å². The Hall–Kier alpha value is -2.18. The molecule has 2 atom stereocenters. The van der Waals surface area contributed by atoms with Crippen LogP contribution in [0.2, 0.25) is 0 Å². The van der Waals surface area contributed by atoms with Crippen molar-refractivity contribution in [3.05, 3.63) is 36.0 Å². The van der Waals surface area contributed by atoms with Gasteiger partial charge in [0.25, 0.3) is 0 Å². The molecule has 3 aliphatic rings. The van der Waals surface area contributed by atoms with Gasteiger partial charge in [0.2, 0.25) is 5.91 Å². The molecule has 1 amide bonds. The van der Waals surface area contributed by atoms with Crippen LogP contribution in [0.4, 0.5) is 0 Å². The van der Waals surface area contributed by atoms with Crippen molar-refractivity contribution in [2.75, 3.05) is 40.5 Å². The van der Waals surface area contributed by atoms with Crippen LogP contribution >= 0.6 is 0 Å². The summed E-state index contributed by atoms with van der Waals surface area (Å²) in [5.74, 6) is 1.18. The Labute approximate surface area is 160 Å². The predicted molar refractivity (Wildman–Crippen MR) is 104 cm³/mol. The van der Waals surface area contributed by atoms with Crippen molar-refractivity contribution < 1.29 is 14.3 Å². The van der Waals surface area contributed by atoms with E-state index in [4.69, 9.17) is 14.5 Å². The minimum absolute atomic E-state index is 0.0931. The Morgan fingerprint density at radius 3 is 2.85 bits per heavy atom. The number of rotatable bonds is 6. The number of nitrogens with zero attached hydrogens (tertiary/aromatic N) is 3. The summed E-state index contributed by atoms with van der Waals surface area (Å²) in [7, 11) is 3.36. The number of benzene rings is 1. The SMILES string of the molecule is COCCN1C(=O)[C@@H]2CC[C@H]1CN(Cc1ccc3cccc(OC)c3n1)C2. The summed E-state index contributed by atoms with van der Waals surface area (Å²) in [5.41, 5.74) is 1.91. The highest BCUT2D eigenvalue weighted by Crippen LogP contribution is 2.30. The molecule has 0 radical (unpaired) electrons. The lowest BCUT2D eigenvalue weighted by Gasteiger charge is -2.35. The zero-order chi connectivity index (χ0) is 18.8. The molecule has 0 spiro atoms. The van der Waals surface area contributed by atoms with Gasteiger partial charge in [-0.1, -0.05) is 18.2 Å². The molecule has 0 aliphatic carbocycles. The van der Waals surface area contributed by atoms with Crippen LogP contribution in [-0.2, 0) is 16.1 Å². The van der Waals surface area contributed by atoms with Crippen LogP contribution in [0.15, 0.2) is 30.3 Å². The number of para-hydroxylation sites is 1. The third-order valence-electron chi connectivity index (χ3n) is 5.75. The van der Waals surface area contributed by atoms with Crippen molar-refractivity contribution in [2.45, 2.75) is 25.4 Å². The molecule has 6 nitrogen and oxygen atoms in total. The fourth-order valence-corrected chi connectivity index (χ4v) is 4.38. The van der Waals surface area contributed by atoms with Crippen LogP contribution in [-0.4, -0.2) is 67.2 Å². The van der Waals surface area contributed by atoms with Crippen molar-refractivity contribution >= 4 is 16.8 Å². The molecule has 0 N–H and O–H groups in total. The van der Waals surface area contributed by atoms with Gasteiger partial charge in [-0.3, -0.25) is 9.69 Å². The summed E-state index contributed by atoms with van der Waals surface area (Å²) >= 11 is 0. The molecule has 2 bridgehead atoms. The van der Waals surface area contributed by atoms with Crippen LogP contribution in [0.1, 0.15) is 18.5 Å². The summed E-state index contributed by atoms with van der Waals surface area (Å²) in [6, 6.07) is 10.4. The second-order valence-electron chi connectivity index (χ2n) is 7.48. The van der Waals surface area contributed by atoms with Gasteiger partial charge in [0.1, 0.15) is 11.3 Å². The normalized spacial score (nSPS) is 23.0. The number of carbonyl (C=O) groups excluding carboxylic acids is 1. The molecule has 1 aromatic carbocycles. The number of piperidine rings is 1. The van der Waals surface area contributed by atoms with Gasteiger partial charge in [-0.2, -0.15) is 0 Å². The second kappa shape index (κ2) is 7.82. The first-order chi connectivity index (χ1) is 13.2. The van der Waals surface area contributed by atoms with E-state index in [0.717, 1.165) is 54.8 Å². The van der Waals surface area contributed by atoms with Crippen LogP contribution in [0.25, 0.3) is 10.9 Å². The van der Waals surface area contributed by atoms with Crippen molar-refractivity contribution in [1.82, 2.24) is 14.8 Å². The molecule has 27 heavy (non-hydrogen) atoms. The minimum atomic E-state index is 0.0931. The van der Waals surface area contributed by atoms with Gasteiger partial charge in [0, 0.05) is 44.7 Å². The van der Waals surface area contributed by atoms with E-state index in [2.05, 4.69) is 17.0 Å². The lowest BCUT2D eigenvalue weighted by molar-refractivity contribution is -0.140. The number of methoxy groups -OCH3 is 2. The van der Waals surface area contributed by atoms with Crippen LogP contribution < -0.4 is 4.74 Å².